The molecule has 0 spiro atoms. The first-order valence-electron chi connectivity index (χ1n) is 6.25. The highest BCUT2D eigenvalue weighted by Gasteiger charge is 2.22. The molecule has 0 amide bonds. The SMILES string of the molecule is CCNCC(C(C)C)N1CCC=C(C)C1. The third-order valence-electron chi connectivity index (χ3n) is 3.20. The maximum Gasteiger partial charge on any atom is 0.0247 e. The van der Waals surface area contributed by atoms with Crippen molar-refractivity contribution >= 4 is 0 Å². The molecule has 1 rings (SSSR count). The second kappa shape index (κ2) is 6.29. The van der Waals surface area contributed by atoms with Crippen LogP contribution in [-0.4, -0.2) is 37.1 Å². The van der Waals surface area contributed by atoms with Gasteiger partial charge in [0.15, 0.2) is 0 Å². The number of nitrogens with one attached hydrogen (secondary N) is 1. The first-order valence-corrected chi connectivity index (χ1v) is 6.25. The van der Waals surface area contributed by atoms with Crippen LogP contribution in [0, 0.1) is 5.92 Å². The van der Waals surface area contributed by atoms with Crippen LogP contribution < -0.4 is 5.32 Å². The van der Waals surface area contributed by atoms with Crippen LogP contribution in [0.1, 0.15) is 34.1 Å². The molecule has 2 heteroatoms. The summed E-state index contributed by atoms with van der Waals surface area (Å²) in [7, 11) is 0. The molecule has 0 aliphatic carbocycles. The maximum absolute atomic E-state index is 3.48. The number of nitrogens with zero attached hydrogens (tertiary/aromatic N) is 1. The Morgan fingerprint density at radius 3 is 2.73 bits per heavy atom. The summed E-state index contributed by atoms with van der Waals surface area (Å²) in [5.41, 5.74) is 1.53. The predicted molar refractivity (Wildman–Crippen MR) is 67.1 cm³/mol. The average molecular weight is 210 g/mol. The van der Waals surface area contributed by atoms with Crippen molar-refractivity contribution in [3.63, 3.8) is 0 Å². The van der Waals surface area contributed by atoms with Gasteiger partial charge in [0, 0.05) is 25.7 Å². The van der Waals surface area contributed by atoms with E-state index in [-0.39, 0.29) is 0 Å². The fraction of sp³-hybridized carbons (Fsp3) is 0.846. The van der Waals surface area contributed by atoms with Gasteiger partial charge in [-0.1, -0.05) is 32.4 Å². The zero-order valence-corrected chi connectivity index (χ0v) is 10.7. The highest BCUT2D eigenvalue weighted by atomic mass is 15.2. The molecule has 0 saturated carbocycles. The van der Waals surface area contributed by atoms with Gasteiger partial charge in [-0.25, -0.2) is 0 Å². The molecule has 0 saturated heterocycles. The molecule has 1 heterocycles. The Kier molecular flexibility index (Phi) is 5.34. The van der Waals surface area contributed by atoms with E-state index in [1.165, 1.54) is 18.5 Å². The Morgan fingerprint density at radius 2 is 2.20 bits per heavy atom. The van der Waals surface area contributed by atoms with Crippen LogP contribution in [0.4, 0.5) is 0 Å². The smallest absolute Gasteiger partial charge is 0.0247 e. The Bertz CT molecular complexity index is 209. The van der Waals surface area contributed by atoms with Crippen LogP contribution in [0.5, 0.6) is 0 Å². The van der Waals surface area contributed by atoms with Crippen LogP contribution in [0.2, 0.25) is 0 Å². The van der Waals surface area contributed by atoms with Gasteiger partial charge in [0.1, 0.15) is 0 Å². The molecule has 0 aromatic heterocycles. The second-order valence-electron chi connectivity index (χ2n) is 4.93. The van der Waals surface area contributed by atoms with Crippen molar-refractivity contribution in [2.45, 2.75) is 40.2 Å². The summed E-state index contributed by atoms with van der Waals surface area (Å²) in [4.78, 5) is 2.63. The molecule has 1 aliphatic rings. The summed E-state index contributed by atoms with van der Waals surface area (Å²) in [6.07, 6.45) is 3.60. The van der Waals surface area contributed by atoms with Gasteiger partial charge in [-0.15, -0.1) is 0 Å². The minimum atomic E-state index is 0.689. The lowest BCUT2D eigenvalue weighted by Gasteiger charge is -2.36. The molecule has 15 heavy (non-hydrogen) atoms. The van der Waals surface area contributed by atoms with Crippen LogP contribution >= 0.6 is 0 Å². The zero-order valence-electron chi connectivity index (χ0n) is 10.7. The summed E-state index contributed by atoms with van der Waals surface area (Å²) in [5, 5.41) is 3.48. The summed E-state index contributed by atoms with van der Waals surface area (Å²) < 4.78 is 0. The van der Waals surface area contributed by atoms with Crippen LogP contribution in [0.15, 0.2) is 11.6 Å². The largest absolute Gasteiger partial charge is 0.315 e. The van der Waals surface area contributed by atoms with Gasteiger partial charge in [0.2, 0.25) is 0 Å². The molecular formula is C13H26N2. The van der Waals surface area contributed by atoms with Crippen molar-refractivity contribution in [1.82, 2.24) is 10.2 Å². The Morgan fingerprint density at radius 1 is 1.47 bits per heavy atom. The normalized spacial score (nSPS) is 20.5. The van der Waals surface area contributed by atoms with E-state index in [4.69, 9.17) is 0 Å². The topological polar surface area (TPSA) is 15.3 Å². The highest BCUT2D eigenvalue weighted by molar-refractivity contribution is 5.05. The summed E-state index contributed by atoms with van der Waals surface area (Å²) >= 11 is 0. The lowest BCUT2D eigenvalue weighted by molar-refractivity contribution is 0.161. The maximum atomic E-state index is 3.48. The number of hydrogen-bond donors (Lipinski definition) is 1. The molecule has 1 N–H and O–H groups in total. The molecular weight excluding hydrogens is 184 g/mol. The van der Waals surface area contributed by atoms with Crippen molar-refractivity contribution in [3.8, 4) is 0 Å². The van der Waals surface area contributed by atoms with E-state index in [0.29, 0.717) is 6.04 Å². The minimum absolute atomic E-state index is 0.689. The van der Waals surface area contributed by atoms with Gasteiger partial charge in [0.05, 0.1) is 0 Å². The first-order chi connectivity index (χ1) is 7.15. The fourth-order valence-electron chi connectivity index (χ4n) is 2.30. The van der Waals surface area contributed by atoms with E-state index < -0.39 is 0 Å². The predicted octanol–water partition coefficient (Wildman–Crippen LogP) is 2.27. The van der Waals surface area contributed by atoms with E-state index >= 15 is 0 Å². The van der Waals surface area contributed by atoms with Crippen molar-refractivity contribution < 1.29 is 0 Å². The average Bonchev–Trinajstić information content (AvgIpc) is 2.18. The van der Waals surface area contributed by atoms with E-state index in [1.807, 2.05) is 0 Å². The molecule has 0 bridgehead atoms. The molecule has 1 atom stereocenters. The quantitative estimate of drug-likeness (QED) is 0.700. The zero-order chi connectivity index (χ0) is 11.3. The second-order valence-corrected chi connectivity index (χ2v) is 4.93. The molecule has 1 unspecified atom stereocenters. The molecule has 0 aromatic rings. The molecule has 88 valence electrons. The fourth-order valence-corrected chi connectivity index (χ4v) is 2.30. The van der Waals surface area contributed by atoms with Gasteiger partial charge in [-0.2, -0.15) is 0 Å². The number of hydrogen-bond acceptors (Lipinski definition) is 2. The third-order valence-corrected chi connectivity index (χ3v) is 3.20. The standard InChI is InChI=1S/C13H26N2/c1-5-14-9-13(11(2)3)15-8-6-7-12(4)10-15/h7,11,13-14H,5-6,8-10H2,1-4H3. The lowest BCUT2D eigenvalue weighted by atomic mass is 9.99. The highest BCUT2D eigenvalue weighted by Crippen LogP contribution is 2.16. The number of rotatable bonds is 5. The third kappa shape index (κ3) is 3.96. The molecule has 0 fully saturated rings. The van der Waals surface area contributed by atoms with Gasteiger partial charge in [0.25, 0.3) is 0 Å². The van der Waals surface area contributed by atoms with Gasteiger partial charge in [-0.3, -0.25) is 4.90 Å². The number of likely N-dealkylation sites (N-methyl/N-ethyl adjacent to an activating group) is 1. The molecule has 2 nitrogen and oxygen atoms in total. The van der Waals surface area contributed by atoms with Gasteiger partial charge < -0.3 is 5.32 Å². The van der Waals surface area contributed by atoms with Gasteiger partial charge >= 0.3 is 0 Å². The first kappa shape index (κ1) is 12.7. The van der Waals surface area contributed by atoms with Crippen LogP contribution in [0.3, 0.4) is 0 Å². The lowest BCUT2D eigenvalue weighted by Crippen LogP contribution is -2.47. The summed E-state index contributed by atoms with van der Waals surface area (Å²) in [6, 6.07) is 0.689. The van der Waals surface area contributed by atoms with Crippen molar-refractivity contribution in [2.75, 3.05) is 26.2 Å². The van der Waals surface area contributed by atoms with Crippen molar-refractivity contribution in [3.05, 3.63) is 11.6 Å². The van der Waals surface area contributed by atoms with Crippen LogP contribution in [0.25, 0.3) is 0 Å². The Labute approximate surface area is 94.7 Å². The van der Waals surface area contributed by atoms with E-state index in [2.05, 4.69) is 44.0 Å². The summed E-state index contributed by atoms with van der Waals surface area (Å²) in [6.45, 7) is 13.7. The monoisotopic (exact) mass is 210 g/mol. The Hall–Kier alpha value is -0.340. The molecule has 0 aromatic carbocycles. The molecule has 0 radical (unpaired) electrons. The molecule has 1 aliphatic heterocycles. The van der Waals surface area contributed by atoms with E-state index in [1.54, 1.807) is 0 Å². The van der Waals surface area contributed by atoms with Crippen molar-refractivity contribution in [2.24, 2.45) is 5.92 Å². The van der Waals surface area contributed by atoms with Crippen molar-refractivity contribution in [1.29, 1.82) is 0 Å². The van der Waals surface area contributed by atoms with Gasteiger partial charge in [-0.05, 0) is 25.8 Å². The minimum Gasteiger partial charge on any atom is -0.315 e. The van der Waals surface area contributed by atoms with E-state index in [9.17, 15) is 0 Å². The summed E-state index contributed by atoms with van der Waals surface area (Å²) in [5.74, 6) is 0.731. The van der Waals surface area contributed by atoms with E-state index in [0.717, 1.165) is 25.6 Å². The van der Waals surface area contributed by atoms with Crippen LogP contribution in [-0.2, 0) is 0 Å². The Balaban J connectivity index is 2.51.